The summed E-state index contributed by atoms with van der Waals surface area (Å²) in [5.74, 6) is 0.0199. The molecule has 0 radical (unpaired) electrons. The SMILES string of the molecule is CCS(=O)(=O)N(C)CC(=O)Nc1cc(OC)ccc1N.Cl. The van der Waals surface area contributed by atoms with Gasteiger partial charge >= 0.3 is 0 Å². The predicted octanol–water partition coefficient (Wildman–Crippen LogP) is 0.919. The summed E-state index contributed by atoms with van der Waals surface area (Å²) >= 11 is 0. The van der Waals surface area contributed by atoms with Gasteiger partial charge in [-0.2, -0.15) is 4.31 Å². The molecule has 7 nitrogen and oxygen atoms in total. The quantitative estimate of drug-likeness (QED) is 0.751. The number of methoxy groups -OCH3 is 1. The minimum atomic E-state index is -3.39. The van der Waals surface area contributed by atoms with Gasteiger partial charge in [-0.1, -0.05) is 0 Å². The highest BCUT2D eigenvalue weighted by atomic mass is 35.5. The molecule has 1 aromatic rings. The Kier molecular flexibility index (Phi) is 7.48. The Morgan fingerprint density at radius 3 is 2.57 bits per heavy atom. The fourth-order valence-corrected chi connectivity index (χ4v) is 2.24. The predicted molar refractivity (Wildman–Crippen MR) is 85.4 cm³/mol. The molecule has 0 unspecified atom stereocenters. The first-order valence-electron chi connectivity index (χ1n) is 5.97. The highest BCUT2D eigenvalue weighted by Crippen LogP contribution is 2.24. The van der Waals surface area contributed by atoms with Crippen molar-refractivity contribution in [2.75, 3.05) is 37.5 Å². The number of ether oxygens (including phenoxy) is 1. The largest absolute Gasteiger partial charge is 0.497 e. The van der Waals surface area contributed by atoms with Crippen molar-refractivity contribution < 1.29 is 17.9 Å². The average molecular weight is 338 g/mol. The van der Waals surface area contributed by atoms with E-state index < -0.39 is 15.9 Å². The number of nitrogens with two attached hydrogens (primary N) is 1. The van der Waals surface area contributed by atoms with E-state index in [-0.39, 0.29) is 24.7 Å². The summed E-state index contributed by atoms with van der Waals surface area (Å²) in [5.41, 5.74) is 6.49. The molecule has 120 valence electrons. The van der Waals surface area contributed by atoms with Crippen LogP contribution in [0.4, 0.5) is 11.4 Å². The van der Waals surface area contributed by atoms with Crippen LogP contribution in [0.2, 0.25) is 0 Å². The maximum absolute atomic E-state index is 11.8. The number of nitrogens with zero attached hydrogens (tertiary/aromatic N) is 1. The van der Waals surface area contributed by atoms with Gasteiger partial charge in [0.05, 0.1) is 30.8 Å². The number of rotatable bonds is 6. The molecule has 1 rings (SSSR count). The van der Waals surface area contributed by atoms with Crippen LogP contribution < -0.4 is 15.8 Å². The van der Waals surface area contributed by atoms with Gasteiger partial charge in [0.25, 0.3) is 0 Å². The summed E-state index contributed by atoms with van der Waals surface area (Å²) in [6, 6.07) is 4.83. The van der Waals surface area contributed by atoms with Crippen molar-refractivity contribution in [2.45, 2.75) is 6.92 Å². The Labute approximate surface area is 130 Å². The highest BCUT2D eigenvalue weighted by molar-refractivity contribution is 7.89. The maximum atomic E-state index is 11.8. The number of benzene rings is 1. The zero-order chi connectivity index (χ0) is 15.3. The number of carbonyl (C=O) groups excluding carboxylic acids is 1. The lowest BCUT2D eigenvalue weighted by Gasteiger charge is -2.16. The van der Waals surface area contributed by atoms with E-state index in [0.717, 1.165) is 4.31 Å². The molecule has 21 heavy (non-hydrogen) atoms. The number of nitrogen functional groups attached to an aromatic ring is 1. The zero-order valence-electron chi connectivity index (χ0n) is 12.1. The third-order valence-corrected chi connectivity index (χ3v) is 4.55. The molecule has 1 aromatic carbocycles. The summed E-state index contributed by atoms with van der Waals surface area (Å²) in [7, 11) is -0.539. The summed E-state index contributed by atoms with van der Waals surface area (Å²) in [5, 5.41) is 2.56. The Balaban J connectivity index is 0.00000400. The molecule has 0 aliphatic rings. The second-order valence-corrected chi connectivity index (χ2v) is 6.52. The molecule has 0 aromatic heterocycles. The van der Waals surface area contributed by atoms with Crippen molar-refractivity contribution in [2.24, 2.45) is 0 Å². The van der Waals surface area contributed by atoms with Crippen LogP contribution in [0.1, 0.15) is 6.92 Å². The van der Waals surface area contributed by atoms with Crippen LogP contribution in [-0.2, 0) is 14.8 Å². The third-order valence-electron chi connectivity index (χ3n) is 2.74. The highest BCUT2D eigenvalue weighted by Gasteiger charge is 2.18. The van der Waals surface area contributed by atoms with E-state index in [1.165, 1.54) is 21.1 Å². The molecular formula is C12H20ClN3O4S. The summed E-state index contributed by atoms with van der Waals surface area (Å²) < 4.78 is 29.1. The number of sulfonamides is 1. The molecule has 0 bridgehead atoms. The minimum Gasteiger partial charge on any atom is -0.497 e. The van der Waals surface area contributed by atoms with Gasteiger partial charge in [0.1, 0.15) is 5.75 Å². The molecule has 0 aliphatic carbocycles. The fourth-order valence-electron chi connectivity index (χ4n) is 1.48. The van der Waals surface area contributed by atoms with E-state index in [0.29, 0.717) is 17.1 Å². The van der Waals surface area contributed by atoms with Crippen molar-refractivity contribution in [1.29, 1.82) is 0 Å². The molecule has 0 aliphatic heterocycles. The minimum absolute atomic E-state index is 0. The van der Waals surface area contributed by atoms with Crippen molar-refractivity contribution >= 4 is 39.7 Å². The molecule has 1 amide bonds. The van der Waals surface area contributed by atoms with Crippen molar-refractivity contribution in [3.8, 4) is 5.75 Å². The van der Waals surface area contributed by atoms with Crippen molar-refractivity contribution in [3.63, 3.8) is 0 Å². The van der Waals surface area contributed by atoms with E-state index in [2.05, 4.69) is 5.32 Å². The lowest BCUT2D eigenvalue weighted by molar-refractivity contribution is -0.116. The Bertz CT molecular complexity index is 592. The summed E-state index contributed by atoms with van der Waals surface area (Å²) in [6.45, 7) is 1.25. The standard InChI is InChI=1S/C12H19N3O4S.ClH/c1-4-20(17,18)15(2)8-12(16)14-11-7-9(19-3)5-6-10(11)13;/h5-7H,4,8,13H2,1-3H3,(H,14,16);1H. The van der Waals surface area contributed by atoms with E-state index in [1.54, 1.807) is 18.2 Å². The maximum Gasteiger partial charge on any atom is 0.239 e. The number of carbonyl (C=O) groups is 1. The van der Waals surface area contributed by atoms with Crippen molar-refractivity contribution in [3.05, 3.63) is 18.2 Å². The van der Waals surface area contributed by atoms with Crippen LogP contribution in [0, 0.1) is 0 Å². The number of amides is 1. The Hall–Kier alpha value is -1.51. The number of anilines is 2. The zero-order valence-corrected chi connectivity index (χ0v) is 13.8. The van der Waals surface area contributed by atoms with Crippen LogP contribution in [0.3, 0.4) is 0 Å². The fraction of sp³-hybridized carbons (Fsp3) is 0.417. The van der Waals surface area contributed by atoms with Crippen LogP contribution in [0.25, 0.3) is 0 Å². The first-order chi connectivity index (χ1) is 9.30. The molecule has 0 spiro atoms. The van der Waals surface area contributed by atoms with Gasteiger partial charge in [0, 0.05) is 13.1 Å². The smallest absolute Gasteiger partial charge is 0.239 e. The number of hydrogen-bond donors (Lipinski definition) is 2. The van der Waals surface area contributed by atoms with Crippen LogP contribution in [-0.4, -0.2) is 45.1 Å². The number of halogens is 1. The van der Waals surface area contributed by atoms with Gasteiger partial charge in [0.2, 0.25) is 15.9 Å². The topological polar surface area (TPSA) is 102 Å². The van der Waals surface area contributed by atoms with Gasteiger partial charge < -0.3 is 15.8 Å². The van der Waals surface area contributed by atoms with Crippen LogP contribution in [0.15, 0.2) is 18.2 Å². The first kappa shape index (κ1) is 19.5. The average Bonchev–Trinajstić information content (AvgIpc) is 2.41. The summed E-state index contributed by atoms with van der Waals surface area (Å²) in [6.07, 6.45) is 0. The molecular weight excluding hydrogens is 318 g/mol. The molecule has 0 heterocycles. The van der Waals surface area contributed by atoms with Crippen LogP contribution >= 0.6 is 12.4 Å². The molecule has 9 heteroatoms. The summed E-state index contributed by atoms with van der Waals surface area (Å²) in [4.78, 5) is 11.8. The number of nitrogens with one attached hydrogen (secondary N) is 1. The second-order valence-electron chi connectivity index (χ2n) is 4.16. The van der Waals surface area contributed by atoms with Gasteiger partial charge in [-0.25, -0.2) is 8.42 Å². The molecule has 0 atom stereocenters. The molecule has 0 saturated heterocycles. The van der Waals surface area contributed by atoms with E-state index in [9.17, 15) is 13.2 Å². The van der Waals surface area contributed by atoms with E-state index in [4.69, 9.17) is 10.5 Å². The molecule has 0 fully saturated rings. The monoisotopic (exact) mass is 337 g/mol. The normalized spacial score (nSPS) is 10.9. The van der Waals surface area contributed by atoms with Crippen molar-refractivity contribution in [1.82, 2.24) is 4.31 Å². The van der Waals surface area contributed by atoms with Gasteiger partial charge in [-0.05, 0) is 19.1 Å². The lowest BCUT2D eigenvalue weighted by Crippen LogP contribution is -2.35. The van der Waals surface area contributed by atoms with E-state index in [1.807, 2.05) is 0 Å². The van der Waals surface area contributed by atoms with Crippen LogP contribution in [0.5, 0.6) is 5.75 Å². The van der Waals surface area contributed by atoms with Gasteiger partial charge in [-0.15, -0.1) is 12.4 Å². The molecule has 0 saturated carbocycles. The number of hydrogen-bond acceptors (Lipinski definition) is 5. The second kappa shape index (κ2) is 8.06. The first-order valence-corrected chi connectivity index (χ1v) is 7.58. The van der Waals surface area contributed by atoms with Gasteiger partial charge in [0.15, 0.2) is 0 Å². The Morgan fingerprint density at radius 2 is 2.05 bits per heavy atom. The Morgan fingerprint density at radius 1 is 1.43 bits per heavy atom. The molecule has 3 N–H and O–H groups in total. The third kappa shape index (κ3) is 5.41. The van der Waals surface area contributed by atoms with E-state index >= 15 is 0 Å². The lowest BCUT2D eigenvalue weighted by atomic mass is 10.2. The number of likely N-dealkylation sites (N-methyl/N-ethyl adjacent to an activating group) is 1. The van der Waals surface area contributed by atoms with Gasteiger partial charge in [-0.3, -0.25) is 4.79 Å².